The van der Waals surface area contributed by atoms with E-state index < -0.39 is 0 Å². The minimum Gasteiger partial charge on any atom is -0.311 e. The maximum atomic E-state index is 6.03. The average Bonchev–Trinajstić information content (AvgIpc) is 2.93. The van der Waals surface area contributed by atoms with Crippen LogP contribution >= 0.6 is 11.6 Å². The third kappa shape index (κ3) is 2.62. The molecule has 0 unspecified atom stereocenters. The van der Waals surface area contributed by atoms with Crippen molar-refractivity contribution in [1.82, 2.24) is 24.2 Å². The smallest absolute Gasteiger partial charge is 0.158 e. The first-order valence-electron chi connectivity index (χ1n) is 6.77. The average molecular weight is 284 g/mol. The molecule has 0 aliphatic rings. The van der Waals surface area contributed by atoms with Gasteiger partial charge in [0.05, 0.1) is 11.6 Å². The summed E-state index contributed by atoms with van der Waals surface area (Å²) in [7, 11) is 4.09. The van der Waals surface area contributed by atoms with E-state index >= 15 is 0 Å². The lowest BCUT2D eigenvalue weighted by molar-refractivity contribution is 0.335. The van der Waals surface area contributed by atoms with Crippen LogP contribution in [0, 0.1) is 0 Å². The monoisotopic (exact) mass is 283 g/mol. The predicted molar refractivity (Wildman–Crippen MR) is 78.6 cm³/mol. The van der Waals surface area contributed by atoms with Gasteiger partial charge in [-0.25, -0.2) is 4.98 Å². The van der Waals surface area contributed by atoms with Crippen LogP contribution in [0.25, 0.3) is 11.2 Å². The zero-order chi connectivity index (χ0) is 14.0. The quantitative estimate of drug-likeness (QED) is 0.762. The van der Waals surface area contributed by atoms with Gasteiger partial charge in [-0.15, -0.1) is 11.6 Å². The number of hydrogen-bond donors (Lipinski definition) is 0. The summed E-state index contributed by atoms with van der Waals surface area (Å²) in [6.07, 6.45) is 0.894. The van der Waals surface area contributed by atoms with Gasteiger partial charge in [0.25, 0.3) is 0 Å². The number of hydrogen-bond acceptors (Lipinski definition) is 3. The predicted octanol–water partition coefficient (Wildman–Crippen LogP) is 2.02. The van der Waals surface area contributed by atoms with Gasteiger partial charge in [-0.05, 0) is 20.0 Å². The molecule has 2 rings (SSSR count). The van der Waals surface area contributed by atoms with Crippen molar-refractivity contribution in [2.75, 3.05) is 20.1 Å². The first kappa shape index (κ1) is 14.3. The van der Waals surface area contributed by atoms with Gasteiger partial charge in [0.2, 0.25) is 0 Å². The molecule has 0 spiro atoms. The van der Waals surface area contributed by atoms with Crippen molar-refractivity contribution in [3.63, 3.8) is 0 Å². The maximum absolute atomic E-state index is 6.03. The topological polar surface area (TPSA) is 38.9 Å². The number of aryl methyl sites for hydroxylation is 2. The van der Waals surface area contributed by atoms with Gasteiger partial charge in [0.15, 0.2) is 5.65 Å². The van der Waals surface area contributed by atoms with E-state index in [2.05, 4.69) is 40.4 Å². The Morgan fingerprint density at radius 3 is 2.63 bits per heavy atom. The molecule has 0 radical (unpaired) electrons. The Hall–Kier alpha value is -1.07. The van der Waals surface area contributed by atoms with E-state index in [-0.39, 0.29) is 0 Å². The standard InChI is InChI=1S/C13H22ClN5/c1-5-10-12-13(18(4)16-10)19(11(9-14)15-12)8-7-17(3)6-2/h5-9H2,1-4H3. The van der Waals surface area contributed by atoms with Gasteiger partial charge in [0.1, 0.15) is 11.3 Å². The summed E-state index contributed by atoms with van der Waals surface area (Å²) >= 11 is 6.03. The molecular formula is C13H22ClN5. The number of fused-ring (bicyclic) bond motifs is 1. The fourth-order valence-electron chi connectivity index (χ4n) is 2.29. The maximum Gasteiger partial charge on any atom is 0.158 e. The van der Waals surface area contributed by atoms with Gasteiger partial charge >= 0.3 is 0 Å². The van der Waals surface area contributed by atoms with Crippen LogP contribution in [0.5, 0.6) is 0 Å². The van der Waals surface area contributed by atoms with Gasteiger partial charge < -0.3 is 9.47 Å². The Morgan fingerprint density at radius 2 is 2.05 bits per heavy atom. The fraction of sp³-hybridized carbons (Fsp3) is 0.692. The molecule has 0 aliphatic heterocycles. The van der Waals surface area contributed by atoms with Crippen LogP contribution in [0.15, 0.2) is 0 Å². The largest absolute Gasteiger partial charge is 0.311 e. The van der Waals surface area contributed by atoms with E-state index in [1.165, 1.54) is 0 Å². The Kier molecular flexibility index (Phi) is 4.47. The molecule has 0 aliphatic carbocycles. The second-order valence-electron chi connectivity index (χ2n) is 4.81. The molecule has 19 heavy (non-hydrogen) atoms. The molecule has 0 bridgehead atoms. The number of halogens is 1. The second-order valence-corrected chi connectivity index (χ2v) is 5.07. The van der Waals surface area contributed by atoms with Crippen molar-refractivity contribution in [1.29, 1.82) is 0 Å². The molecule has 0 N–H and O–H groups in total. The Balaban J connectivity index is 2.42. The molecule has 2 aromatic heterocycles. The number of imidazole rings is 1. The van der Waals surface area contributed by atoms with Crippen molar-refractivity contribution in [2.24, 2.45) is 7.05 Å². The molecule has 2 heterocycles. The van der Waals surface area contributed by atoms with E-state index in [0.29, 0.717) is 5.88 Å². The first-order valence-corrected chi connectivity index (χ1v) is 7.31. The van der Waals surface area contributed by atoms with Crippen molar-refractivity contribution in [3.05, 3.63) is 11.5 Å². The van der Waals surface area contributed by atoms with Crippen LogP contribution in [0.1, 0.15) is 25.4 Å². The second kappa shape index (κ2) is 5.92. The Morgan fingerprint density at radius 1 is 1.32 bits per heavy atom. The molecule has 0 amide bonds. The van der Waals surface area contributed by atoms with Gasteiger partial charge in [-0.2, -0.15) is 5.10 Å². The summed E-state index contributed by atoms with van der Waals surface area (Å²) in [5, 5.41) is 4.53. The molecule has 6 heteroatoms. The molecule has 2 aromatic rings. The van der Waals surface area contributed by atoms with Crippen LogP contribution in [0.4, 0.5) is 0 Å². The number of likely N-dealkylation sites (N-methyl/N-ethyl adjacent to an activating group) is 1. The summed E-state index contributed by atoms with van der Waals surface area (Å²) in [6.45, 7) is 7.18. The molecule has 106 valence electrons. The minimum atomic E-state index is 0.438. The summed E-state index contributed by atoms with van der Waals surface area (Å²) in [6, 6.07) is 0. The molecule has 0 fully saturated rings. The van der Waals surface area contributed by atoms with Gasteiger partial charge in [-0.3, -0.25) is 4.68 Å². The van der Waals surface area contributed by atoms with E-state index in [4.69, 9.17) is 11.6 Å². The van der Waals surface area contributed by atoms with Crippen LogP contribution in [0.2, 0.25) is 0 Å². The highest BCUT2D eigenvalue weighted by Gasteiger charge is 2.17. The van der Waals surface area contributed by atoms with Crippen LogP contribution < -0.4 is 0 Å². The molecule has 0 saturated heterocycles. The number of aromatic nitrogens is 4. The number of rotatable bonds is 6. The van der Waals surface area contributed by atoms with E-state index in [0.717, 1.165) is 48.7 Å². The SMILES string of the molecule is CCc1nn(C)c2c1nc(CCl)n2CCN(C)CC. The highest BCUT2D eigenvalue weighted by molar-refractivity contribution is 6.16. The van der Waals surface area contributed by atoms with Crippen molar-refractivity contribution in [3.8, 4) is 0 Å². The lowest BCUT2D eigenvalue weighted by atomic mass is 10.3. The third-order valence-corrected chi connectivity index (χ3v) is 3.81. The lowest BCUT2D eigenvalue weighted by Gasteiger charge is -2.15. The van der Waals surface area contributed by atoms with Gasteiger partial charge in [-0.1, -0.05) is 13.8 Å². The Labute approximate surface area is 119 Å². The number of alkyl halides is 1. The van der Waals surface area contributed by atoms with E-state index in [1.807, 2.05) is 11.7 Å². The molecule has 5 nitrogen and oxygen atoms in total. The summed E-state index contributed by atoms with van der Waals surface area (Å²) in [4.78, 5) is 6.93. The van der Waals surface area contributed by atoms with Gasteiger partial charge in [0, 0.05) is 20.1 Å². The van der Waals surface area contributed by atoms with Crippen molar-refractivity contribution >= 4 is 22.8 Å². The molecule has 0 aromatic carbocycles. The Bertz CT molecular complexity index is 557. The van der Waals surface area contributed by atoms with Crippen LogP contribution in [-0.2, 0) is 25.9 Å². The van der Waals surface area contributed by atoms with Crippen LogP contribution in [-0.4, -0.2) is 44.4 Å². The first-order chi connectivity index (χ1) is 9.12. The highest BCUT2D eigenvalue weighted by atomic mass is 35.5. The van der Waals surface area contributed by atoms with E-state index in [9.17, 15) is 0 Å². The highest BCUT2D eigenvalue weighted by Crippen LogP contribution is 2.21. The van der Waals surface area contributed by atoms with E-state index in [1.54, 1.807) is 0 Å². The molecule has 0 atom stereocenters. The summed E-state index contributed by atoms with van der Waals surface area (Å²) in [5.74, 6) is 1.37. The lowest BCUT2D eigenvalue weighted by Crippen LogP contribution is -2.23. The zero-order valence-electron chi connectivity index (χ0n) is 12.1. The number of nitrogens with zero attached hydrogens (tertiary/aromatic N) is 5. The normalized spacial score (nSPS) is 11.9. The fourth-order valence-corrected chi connectivity index (χ4v) is 2.49. The summed E-state index contributed by atoms with van der Waals surface area (Å²) < 4.78 is 4.11. The summed E-state index contributed by atoms with van der Waals surface area (Å²) in [5.41, 5.74) is 3.13. The molecular weight excluding hydrogens is 262 g/mol. The van der Waals surface area contributed by atoms with Crippen molar-refractivity contribution < 1.29 is 0 Å². The third-order valence-electron chi connectivity index (χ3n) is 3.57. The minimum absolute atomic E-state index is 0.438. The zero-order valence-corrected chi connectivity index (χ0v) is 12.9. The van der Waals surface area contributed by atoms with Crippen molar-refractivity contribution in [2.45, 2.75) is 32.7 Å². The van der Waals surface area contributed by atoms with Crippen LogP contribution in [0.3, 0.4) is 0 Å². The molecule has 0 saturated carbocycles.